The predicted octanol–water partition coefficient (Wildman–Crippen LogP) is -2.91. The standard InChI is InChI=1S/C35H36N2O19/c36-20-4-2-12(10-37-20)13-5-6-34(55-19-9-18-22(23(41)21(13)19)16(40)8-17(52-18)11-1-3-14(38)15(39)7-11)28(45)25(43)24(42)27(56-34)32(49)54-33-26(44)29(46)35(50,51)30(53-33)31(47)48/h1-4,7-10,13,20,24-30,33,37-39,41-46,50-51H,5-6,36H2,(H,47,48). The normalized spacial score (nSPS) is 33.8. The molecule has 1 aromatic heterocycles. The van der Waals surface area contributed by atoms with Crippen LogP contribution in [-0.2, 0) is 23.8 Å². The smallest absolute Gasteiger partial charge is 0.340 e. The molecular weight excluding hydrogens is 752 g/mol. The first-order valence-electron chi connectivity index (χ1n) is 16.9. The first-order chi connectivity index (χ1) is 26.3. The molecular formula is C35H36N2O19. The zero-order valence-electron chi connectivity index (χ0n) is 28.6. The highest BCUT2D eigenvalue weighted by atomic mass is 16.8. The number of esters is 1. The van der Waals surface area contributed by atoms with E-state index in [9.17, 15) is 70.6 Å². The fourth-order valence-electron chi connectivity index (χ4n) is 7.17. The van der Waals surface area contributed by atoms with Crippen LogP contribution in [0.3, 0.4) is 0 Å². The highest BCUT2D eigenvalue weighted by molar-refractivity contribution is 5.89. The summed E-state index contributed by atoms with van der Waals surface area (Å²) in [6.45, 7) is 0. The number of carbonyl (C=O) groups excluding carboxylic acids is 1. The number of aliphatic hydroxyl groups is 7. The lowest BCUT2D eigenvalue weighted by Crippen LogP contribution is -2.70. The number of nitrogens with two attached hydrogens (primary N) is 1. The van der Waals surface area contributed by atoms with Gasteiger partial charge in [0.1, 0.15) is 58.7 Å². The molecule has 56 heavy (non-hydrogen) atoms. The summed E-state index contributed by atoms with van der Waals surface area (Å²) in [5.74, 6) is -12.7. The maximum absolute atomic E-state index is 13.6. The molecule has 0 radical (unpaired) electrons. The Labute approximate surface area is 312 Å². The molecule has 0 saturated carbocycles. The van der Waals surface area contributed by atoms with Crippen molar-refractivity contribution in [2.24, 2.45) is 5.73 Å². The van der Waals surface area contributed by atoms with Crippen LogP contribution >= 0.6 is 0 Å². The fourth-order valence-corrected chi connectivity index (χ4v) is 7.17. The van der Waals surface area contributed by atoms with E-state index in [1.54, 1.807) is 12.2 Å². The average molecular weight is 789 g/mol. The molecule has 14 N–H and O–H groups in total. The van der Waals surface area contributed by atoms with E-state index in [0.29, 0.717) is 5.57 Å². The van der Waals surface area contributed by atoms with E-state index >= 15 is 0 Å². The number of rotatable bonds is 5. The largest absolute Gasteiger partial charge is 0.507 e. The Morgan fingerprint density at radius 3 is 2.34 bits per heavy atom. The summed E-state index contributed by atoms with van der Waals surface area (Å²) in [6.07, 6.45) is -15.6. The van der Waals surface area contributed by atoms with Crippen molar-refractivity contribution in [2.45, 2.75) is 85.5 Å². The van der Waals surface area contributed by atoms with Crippen molar-refractivity contribution in [3.8, 4) is 34.3 Å². The molecule has 5 heterocycles. The number of benzene rings is 2. The van der Waals surface area contributed by atoms with Crippen LogP contribution in [0.25, 0.3) is 22.3 Å². The first kappa shape index (κ1) is 38.9. The van der Waals surface area contributed by atoms with Crippen molar-refractivity contribution in [3.05, 3.63) is 70.0 Å². The lowest BCUT2D eigenvalue weighted by Gasteiger charge is -2.47. The summed E-state index contributed by atoms with van der Waals surface area (Å²) in [7, 11) is 0. The zero-order chi connectivity index (χ0) is 40.6. The number of aliphatic hydroxyl groups excluding tert-OH is 5. The van der Waals surface area contributed by atoms with Crippen LogP contribution in [0, 0.1) is 0 Å². The summed E-state index contributed by atoms with van der Waals surface area (Å²) in [5, 5.41) is 118. The maximum Gasteiger partial charge on any atom is 0.340 e. The molecule has 2 aromatic carbocycles. The Balaban J connectivity index is 1.30. The number of fused-ring (bicyclic) bond motifs is 2. The minimum absolute atomic E-state index is 0.0377. The number of allylic oxidation sites excluding steroid dienone is 2. The minimum atomic E-state index is -3.54. The molecule has 2 fully saturated rings. The molecule has 4 aliphatic rings. The molecule has 11 unspecified atom stereocenters. The number of dihydropyridines is 1. The third-order valence-electron chi connectivity index (χ3n) is 10.2. The van der Waals surface area contributed by atoms with Gasteiger partial charge in [0, 0.05) is 41.8 Å². The number of carboxylic acid groups (broad SMARTS) is 1. The molecule has 1 spiro atoms. The number of aromatic hydroxyl groups is 3. The van der Waals surface area contributed by atoms with Crippen molar-refractivity contribution in [3.63, 3.8) is 0 Å². The molecule has 0 bridgehead atoms. The maximum atomic E-state index is 13.6. The minimum Gasteiger partial charge on any atom is -0.507 e. The molecule has 2 saturated heterocycles. The number of carbonyl (C=O) groups is 2. The van der Waals surface area contributed by atoms with Crippen molar-refractivity contribution in [1.82, 2.24) is 5.32 Å². The summed E-state index contributed by atoms with van der Waals surface area (Å²) >= 11 is 0. The van der Waals surface area contributed by atoms with E-state index < -0.39 is 114 Å². The van der Waals surface area contributed by atoms with Gasteiger partial charge in [-0.2, -0.15) is 0 Å². The molecule has 11 atom stereocenters. The van der Waals surface area contributed by atoms with Crippen LogP contribution in [0.5, 0.6) is 23.0 Å². The summed E-state index contributed by atoms with van der Waals surface area (Å²) in [6, 6.07) is 5.81. The van der Waals surface area contributed by atoms with Gasteiger partial charge >= 0.3 is 11.9 Å². The van der Waals surface area contributed by atoms with Gasteiger partial charge in [-0.3, -0.25) is 4.79 Å². The Hall–Kier alpha value is -5.33. The van der Waals surface area contributed by atoms with Crippen molar-refractivity contribution in [1.29, 1.82) is 0 Å². The van der Waals surface area contributed by atoms with Crippen molar-refractivity contribution in [2.75, 3.05) is 0 Å². The van der Waals surface area contributed by atoms with Gasteiger partial charge in [0.2, 0.25) is 24.0 Å². The number of nitrogens with one attached hydrogen (secondary N) is 1. The SMILES string of the molecule is NC1C=CC(C2CCC3(Oc4cc5oc(-c6ccc(O)c(O)c6)cc(=O)c5c(O)c42)OC(C(=O)OC2OC(C(=O)O)C(O)(O)C(O)C2O)C(O)C(O)C3O)=CN1. The van der Waals surface area contributed by atoms with Crippen LogP contribution in [0.4, 0.5) is 0 Å². The van der Waals surface area contributed by atoms with E-state index in [1.807, 2.05) is 0 Å². The van der Waals surface area contributed by atoms with E-state index in [0.717, 1.165) is 18.2 Å². The van der Waals surface area contributed by atoms with Crippen LogP contribution < -0.4 is 21.2 Å². The molecule has 21 nitrogen and oxygen atoms in total. The lowest BCUT2D eigenvalue weighted by atomic mass is 9.82. The van der Waals surface area contributed by atoms with Gasteiger partial charge in [0.15, 0.2) is 23.0 Å². The van der Waals surface area contributed by atoms with Gasteiger partial charge in [-0.15, -0.1) is 0 Å². The number of aliphatic carboxylic acids is 1. The van der Waals surface area contributed by atoms with Gasteiger partial charge in [0.25, 0.3) is 0 Å². The first-order valence-corrected chi connectivity index (χ1v) is 16.9. The number of phenolic OH excluding ortho intramolecular Hbond substituents is 3. The average Bonchev–Trinajstić information content (AvgIpc) is 3.31. The van der Waals surface area contributed by atoms with Crippen molar-refractivity contribution >= 4 is 22.9 Å². The molecule has 3 aromatic rings. The van der Waals surface area contributed by atoms with Crippen LogP contribution in [0.15, 0.2) is 63.5 Å². The molecule has 21 heteroatoms. The van der Waals surface area contributed by atoms with Gasteiger partial charge in [-0.1, -0.05) is 6.08 Å². The molecule has 7 rings (SSSR count). The fraction of sp³-hybridized carbons (Fsp3) is 0.400. The number of carboxylic acids is 1. The highest BCUT2D eigenvalue weighted by Gasteiger charge is 2.61. The third kappa shape index (κ3) is 6.38. The quantitative estimate of drug-likeness (QED) is 0.0700. The lowest BCUT2D eigenvalue weighted by molar-refractivity contribution is -0.375. The van der Waals surface area contributed by atoms with Crippen LogP contribution in [0.1, 0.15) is 24.3 Å². The Morgan fingerprint density at radius 1 is 0.946 bits per heavy atom. The zero-order valence-corrected chi connectivity index (χ0v) is 28.6. The number of phenols is 3. The second-order valence-electron chi connectivity index (χ2n) is 13.7. The van der Waals surface area contributed by atoms with Gasteiger partial charge in [-0.25, -0.2) is 9.59 Å². The number of ether oxygens (including phenoxy) is 4. The molecule has 300 valence electrons. The monoisotopic (exact) mass is 788 g/mol. The van der Waals surface area contributed by atoms with Crippen LogP contribution in [-0.4, -0.2) is 135 Å². The van der Waals surface area contributed by atoms with E-state index in [-0.39, 0.29) is 40.0 Å². The van der Waals surface area contributed by atoms with Gasteiger partial charge < -0.3 is 90.6 Å². The summed E-state index contributed by atoms with van der Waals surface area (Å²) in [5.41, 5.74) is 5.49. The second kappa shape index (κ2) is 14.0. The third-order valence-corrected chi connectivity index (χ3v) is 10.2. The highest BCUT2D eigenvalue weighted by Crippen LogP contribution is 2.51. The predicted molar refractivity (Wildman–Crippen MR) is 181 cm³/mol. The number of hydrogen-bond acceptors (Lipinski definition) is 20. The summed E-state index contributed by atoms with van der Waals surface area (Å²) < 4.78 is 28.0. The number of hydrogen-bond donors (Lipinski definition) is 13. The van der Waals surface area contributed by atoms with E-state index in [1.165, 1.54) is 18.3 Å². The van der Waals surface area contributed by atoms with Gasteiger partial charge in [0.05, 0.1) is 6.17 Å². The Bertz CT molecular complexity index is 2200. The summed E-state index contributed by atoms with van der Waals surface area (Å²) in [4.78, 5) is 38.7. The molecule has 0 aliphatic carbocycles. The van der Waals surface area contributed by atoms with E-state index in [4.69, 9.17) is 29.1 Å². The van der Waals surface area contributed by atoms with Crippen molar-refractivity contribution < 1.29 is 89.1 Å². The Morgan fingerprint density at radius 2 is 1.68 bits per heavy atom. The van der Waals surface area contributed by atoms with E-state index in [2.05, 4.69) is 5.32 Å². The Kier molecular flexibility index (Phi) is 9.73. The second-order valence-corrected chi connectivity index (χ2v) is 13.7. The topological polar surface area (TPSA) is 362 Å². The van der Waals surface area contributed by atoms with Crippen LogP contribution in [0.2, 0.25) is 0 Å². The molecule has 0 amide bonds. The van der Waals surface area contributed by atoms with Gasteiger partial charge in [-0.05, 0) is 36.3 Å². The molecule has 4 aliphatic heterocycles.